The number of phenolic OH excluding ortho intramolecular Hbond substituents is 1. The van der Waals surface area contributed by atoms with E-state index >= 15 is 0 Å². The van der Waals surface area contributed by atoms with Gasteiger partial charge in [0.15, 0.2) is 23.0 Å². The van der Waals surface area contributed by atoms with Crippen LogP contribution in [-0.4, -0.2) is 59.8 Å². The van der Waals surface area contributed by atoms with Gasteiger partial charge in [0.1, 0.15) is 23.0 Å². The smallest absolute Gasteiger partial charge is 0.867 e. The first kappa shape index (κ1) is 40.8. The molecule has 0 aliphatic heterocycles. The molecule has 15 heteroatoms. The van der Waals surface area contributed by atoms with E-state index in [4.69, 9.17) is 42.2 Å². The zero-order valence-corrected chi connectivity index (χ0v) is 32.7. The summed E-state index contributed by atoms with van der Waals surface area (Å²) in [7, 11) is 4.87. The average Bonchev–Trinajstić information content (AvgIpc) is 3.11. The first-order valence-electron chi connectivity index (χ1n) is 14.8. The van der Waals surface area contributed by atoms with Crippen molar-refractivity contribution < 1.29 is 91.4 Å². The Morgan fingerprint density at radius 3 is 1.43 bits per heavy atom. The Morgan fingerprint density at radius 2 is 0.980 bits per heavy atom. The minimum absolute atomic E-state index is 0. The fourth-order valence-corrected chi connectivity index (χ4v) is 5.81. The second-order valence-electron chi connectivity index (χ2n) is 10.4. The van der Waals surface area contributed by atoms with Crippen LogP contribution in [0.3, 0.4) is 0 Å². The summed E-state index contributed by atoms with van der Waals surface area (Å²) in [6, 6.07) is 12.7. The zero-order valence-electron chi connectivity index (χ0n) is 29.8. The van der Waals surface area contributed by atoms with Crippen molar-refractivity contribution in [3.63, 3.8) is 0 Å². The predicted molar refractivity (Wildman–Crippen MR) is 186 cm³/mol. The molecule has 1 unspecified atom stereocenters. The molecule has 0 aliphatic rings. The Balaban J connectivity index is 0.00000702. The van der Waals surface area contributed by atoms with Crippen LogP contribution in [0.1, 0.15) is 27.8 Å². The van der Waals surface area contributed by atoms with Crippen molar-refractivity contribution >= 4 is 32.1 Å². The van der Waals surface area contributed by atoms with Crippen molar-refractivity contribution in [3.8, 4) is 63.2 Å². The molecule has 1 atom stereocenters. The molecule has 0 saturated heterocycles. The van der Waals surface area contributed by atoms with Gasteiger partial charge < -0.3 is 52.4 Å². The molecule has 4 aromatic carbocycles. The van der Waals surface area contributed by atoms with Crippen LogP contribution in [-0.2, 0) is 4.57 Å². The minimum atomic E-state index is -5.20. The Kier molecular flexibility index (Phi) is 14.4. The Hall–Kier alpha value is -4.65. The minimum Gasteiger partial charge on any atom is -0.867 e. The van der Waals surface area contributed by atoms with Crippen LogP contribution >= 0.6 is 7.82 Å². The number of hydrogen-bond donors (Lipinski definition) is 2. The Labute approximate surface area is 318 Å². The van der Waals surface area contributed by atoms with Gasteiger partial charge in [-0.25, -0.2) is 4.57 Å². The maximum atomic E-state index is 13.6. The molecule has 0 spiro atoms. The van der Waals surface area contributed by atoms with Gasteiger partial charge in [-0.2, -0.15) is 0 Å². The third kappa shape index (κ3) is 9.37. The van der Waals surface area contributed by atoms with Gasteiger partial charge in [0, 0.05) is 16.7 Å². The number of phenols is 1. The quantitative estimate of drug-likeness (QED) is 0.103. The SMILES string of the molecule is COc1cc(/C=C\c2ccc(OC)c([O-])c2OP(=O)(O)Oc2c(/C=C\c3cc(OC)c(OC)c(OC)c3)ccc(OC)c2O)cc(OC)c1C.[Na+]. The van der Waals surface area contributed by atoms with Crippen LogP contribution in [0.25, 0.3) is 24.3 Å². The number of phosphoric ester groups is 1. The molecule has 2 N–H and O–H groups in total. The van der Waals surface area contributed by atoms with E-state index in [1.54, 1.807) is 36.4 Å². The number of phosphoric acid groups is 1. The van der Waals surface area contributed by atoms with Gasteiger partial charge in [0.2, 0.25) is 11.5 Å². The van der Waals surface area contributed by atoms with Crippen molar-refractivity contribution in [2.75, 3.05) is 49.8 Å². The molecule has 4 rings (SSSR count). The Bertz CT molecular complexity index is 1910. The summed E-state index contributed by atoms with van der Waals surface area (Å²) in [5, 5.41) is 24.3. The number of benzene rings is 4. The van der Waals surface area contributed by atoms with E-state index < -0.39 is 30.8 Å². The summed E-state index contributed by atoms with van der Waals surface area (Å²) >= 11 is 0. The first-order valence-corrected chi connectivity index (χ1v) is 16.3. The molecular formula is C36H38NaO13P. The van der Waals surface area contributed by atoms with Crippen molar-refractivity contribution in [2.24, 2.45) is 0 Å². The van der Waals surface area contributed by atoms with Gasteiger partial charge in [-0.3, -0.25) is 4.89 Å². The fourth-order valence-electron chi connectivity index (χ4n) is 4.93. The number of ether oxygens (including phenoxy) is 7. The summed E-state index contributed by atoms with van der Waals surface area (Å²) in [5.41, 5.74) is 2.32. The molecule has 0 radical (unpaired) electrons. The topological polar surface area (TPSA) is 164 Å². The monoisotopic (exact) mass is 732 g/mol. The van der Waals surface area contributed by atoms with Crippen LogP contribution < -0.4 is 76.9 Å². The molecule has 0 heterocycles. The van der Waals surface area contributed by atoms with E-state index in [2.05, 4.69) is 0 Å². The van der Waals surface area contributed by atoms with Gasteiger partial charge in [-0.15, -0.1) is 0 Å². The van der Waals surface area contributed by atoms with Crippen LogP contribution in [0.2, 0.25) is 0 Å². The van der Waals surface area contributed by atoms with Crippen molar-refractivity contribution in [2.45, 2.75) is 6.92 Å². The fraction of sp³-hybridized carbons (Fsp3) is 0.222. The van der Waals surface area contributed by atoms with Crippen molar-refractivity contribution in [3.05, 3.63) is 76.3 Å². The normalized spacial score (nSPS) is 12.1. The van der Waals surface area contributed by atoms with Crippen LogP contribution in [0.5, 0.6) is 63.2 Å². The first-order chi connectivity index (χ1) is 23.9. The molecule has 51 heavy (non-hydrogen) atoms. The van der Waals surface area contributed by atoms with E-state index in [0.717, 1.165) is 5.56 Å². The number of aromatic hydroxyl groups is 1. The molecule has 0 aromatic heterocycles. The second-order valence-corrected chi connectivity index (χ2v) is 11.7. The van der Waals surface area contributed by atoms with E-state index in [1.165, 1.54) is 86.2 Å². The van der Waals surface area contributed by atoms with E-state index in [9.17, 15) is 19.7 Å². The molecule has 0 aliphatic carbocycles. The van der Waals surface area contributed by atoms with Crippen molar-refractivity contribution in [1.82, 2.24) is 0 Å². The largest absolute Gasteiger partial charge is 1.00 e. The second kappa shape index (κ2) is 18.0. The van der Waals surface area contributed by atoms with Gasteiger partial charge in [0.05, 0.1) is 49.8 Å². The van der Waals surface area contributed by atoms with Crippen molar-refractivity contribution in [1.29, 1.82) is 0 Å². The number of rotatable bonds is 15. The molecular weight excluding hydrogens is 694 g/mol. The molecule has 4 aromatic rings. The maximum absolute atomic E-state index is 13.6. The molecule has 0 amide bonds. The van der Waals surface area contributed by atoms with E-state index in [1.807, 2.05) is 6.92 Å². The summed E-state index contributed by atoms with van der Waals surface area (Å²) in [6.45, 7) is 1.85. The third-order valence-electron chi connectivity index (χ3n) is 7.46. The summed E-state index contributed by atoms with van der Waals surface area (Å²) in [4.78, 5) is 11.0. The van der Waals surface area contributed by atoms with Gasteiger partial charge in [0.25, 0.3) is 0 Å². The van der Waals surface area contributed by atoms with Gasteiger partial charge in [-0.05, 0) is 72.3 Å². The number of methoxy groups -OCH3 is 7. The van der Waals surface area contributed by atoms with E-state index in [0.29, 0.717) is 39.9 Å². The number of hydrogen-bond acceptors (Lipinski definition) is 12. The summed E-state index contributed by atoms with van der Waals surface area (Å²) in [5.74, 6) is -0.271. The summed E-state index contributed by atoms with van der Waals surface area (Å²) in [6.07, 6.45) is 6.28. The summed E-state index contributed by atoms with van der Waals surface area (Å²) < 4.78 is 61.9. The molecule has 0 bridgehead atoms. The predicted octanol–water partition coefficient (Wildman–Crippen LogP) is 3.74. The zero-order chi connectivity index (χ0) is 36.6. The van der Waals surface area contributed by atoms with E-state index in [-0.39, 0.29) is 52.2 Å². The van der Waals surface area contributed by atoms with Gasteiger partial charge >= 0.3 is 37.4 Å². The van der Waals surface area contributed by atoms with Gasteiger partial charge in [-0.1, -0.05) is 24.3 Å². The Morgan fingerprint density at radius 1 is 0.569 bits per heavy atom. The average molecular weight is 733 g/mol. The molecule has 0 fully saturated rings. The standard InChI is InChI=1S/C36H39O13P.Na/c1-21-28(43-4)17-22(18-29(21)44-5)9-11-24-13-15-26(41-2)32(37)34(24)48-50(39,40)49-35-25(14-16-27(42-3)33(35)38)12-10-23-19-30(45-6)36(47-8)31(20-23)46-7;/h9-20,37-38H,1-8H3,(H,39,40);/q;+1/p-1/b11-9-,12-10-;. The maximum Gasteiger partial charge on any atom is 1.00 e. The molecule has 0 saturated carbocycles. The third-order valence-corrected chi connectivity index (χ3v) is 8.28. The molecule has 266 valence electrons. The molecule has 13 nitrogen and oxygen atoms in total. The van der Waals surface area contributed by atoms with Crippen LogP contribution in [0, 0.1) is 6.92 Å². The van der Waals surface area contributed by atoms with Crippen LogP contribution in [0.15, 0.2) is 48.5 Å². The van der Waals surface area contributed by atoms with Crippen LogP contribution in [0.4, 0.5) is 0 Å².